The Morgan fingerprint density at radius 1 is 1.43 bits per heavy atom. The first-order valence-electron chi connectivity index (χ1n) is 4.72. The van der Waals surface area contributed by atoms with Crippen molar-refractivity contribution in [3.63, 3.8) is 0 Å². The maximum Gasteiger partial charge on any atom is 0.126 e. The zero-order valence-corrected chi connectivity index (χ0v) is 7.76. The molecule has 0 saturated heterocycles. The molecular weight excluding hydrogens is 179 g/mol. The monoisotopic (exact) mass is 190 g/mol. The minimum Gasteiger partial charge on any atom is -0.385 e. The summed E-state index contributed by atoms with van der Waals surface area (Å²) in [4.78, 5) is 0. The largest absolute Gasteiger partial charge is 0.385 e. The normalized spacial score (nSPS) is 14.9. The average Bonchev–Trinajstić information content (AvgIpc) is 2.97. The molecule has 1 aliphatic rings. The summed E-state index contributed by atoms with van der Waals surface area (Å²) in [6.07, 6.45) is 2.51. The first-order valence-corrected chi connectivity index (χ1v) is 4.72. The van der Waals surface area contributed by atoms with E-state index >= 15 is 0 Å². The molecule has 0 unspecified atom stereocenters. The van der Waals surface area contributed by atoms with Crippen LogP contribution >= 0.6 is 0 Å². The molecule has 0 aromatic heterocycles. The summed E-state index contributed by atoms with van der Waals surface area (Å²) in [5.41, 5.74) is 1.07. The van der Waals surface area contributed by atoms with E-state index in [1.54, 1.807) is 6.07 Å². The molecule has 1 N–H and O–H groups in total. The predicted octanol–water partition coefficient (Wildman–Crippen LogP) is 2.52. The predicted molar refractivity (Wildman–Crippen MR) is 52.3 cm³/mol. The van der Waals surface area contributed by atoms with Crippen molar-refractivity contribution in [1.82, 2.24) is 0 Å². The number of nitriles is 1. The van der Waals surface area contributed by atoms with Crippen molar-refractivity contribution < 1.29 is 4.39 Å². The molecule has 1 fully saturated rings. The zero-order chi connectivity index (χ0) is 9.97. The SMILES string of the molecule is N#Cc1cc(F)cc(NCC2CC2)c1. The van der Waals surface area contributed by atoms with E-state index in [0.717, 1.165) is 12.5 Å². The summed E-state index contributed by atoms with van der Waals surface area (Å²) in [7, 11) is 0. The van der Waals surface area contributed by atoms with Crippen LogP contribution in [-0.4, -0.2) is 6.54 Å². The van der Waals surface area contributed by atoms with E-state index in [2.05, 4.69) is 5.32 Å². The van der Waals surface area contributed by atoms with Gasteiger partial charge < -0.3 is 5.32 Å². The highest BCUT2D eigenvalue weighted by atomic mass is 19.1. The Hall–Kier alpha value is -1.56. The van der Waals surface area contributed by atoms with Crippen LogP contribution in [-0.2, 0) is 0 Å². The van der Waals surface area contributed by atoms with Crippen molar-refractivity contribution in [2.45, 2.75) is 12.8 Å². The Morgan fingerprint density at radius 3 is 2.86 bits per heavy atom. The highest BCUT2D eigenvalue weighted by Gasteiger charge is 2.20. The van der Waals surface area contributed by atoms with E-state index in [1.807, 2.05) is 6.07 Å². The molecule has 1 aromatic carbocycles. The van der Waals surface area contributed by atoms with Gasteiger partial charge in [-0.3, -0.25) is 0 Å². The van der Waals surface area contributed by atoms with Crippen LogP contribution in [0.2, 0.25) is 0 Å². The van der Waals surface area contributed by atoms with Gasteiger partial charge in [-0.2, -0.15) is 5.26 Å². The molecular formula is C11H11FN2. The second-order valence-corrected chi connectivity index (χ2v) is 3.66. The van der Waals surface area contributed by atoms with Gasteiger partial charge in [-0.1, -0.05) is 0 Å². The van der Waals surface area contributed by atoms with Gasteiger partial charge in [0.1, 0.15) is 5.82 Å². The average molecular weight is 190 g/mol. The lowest BCUT2D eigenvalue weighted by molar-refractivity contribution is 0.627. The summed E-state index contributed by atoms with van der Waals surface area (Å²) in [6, 6.07) is 6.26. The van der Waals surface area contributed by atoms with Gasteiger partial charge in [0.15, 0.2) is 0 Å². The summed E-state index contributed by atoms with van der Waals surface area (Å²) in [5, 5.41) is 11.8. The second kappa shape index (κ2) is 3.67. The fraction of sp³-hybridized carbons (Fsp3) is 0.364. The zero-order valence-electron chi connectivity index (χ0n) is 7.76. The van der Waals surface area contributed by atoms with E-state index in [0.29, 0.717) is 11.3 Å². The number of nitrogens with zero attached hydrogens (tertiary/aromatic N) is 1. The van der Waals surface area contributed by atoms with Crippen molar-refractivity contribution in [1.29, 1.82) is 5.26 Å². The molecule has 0 atom stereocenters. The molecule has 14 heavy (non-hydrogen) atoms. The molecule has 0 radical (unpaired) electrons. The van der Waals surface area contributed by atoms with Crippen LogP contribution in [0.3, 0.4) is 0 Å². The molecule has 2 rings (SSSR count). The third-order valence-electron chi connectivity index (χ3n) is 2.32. The first kappa shape index (κ1) is 9.01. The lowest BCUT2D eigenvalue weighted by Gasteiger charge is -2.05. The van der Waals surface area contributed by atoms with Crippen molar-refractivity contribution >= 4 is 5.69 Å². The number of anilines is 1. The summed E-state index contributed by atoms with van der Waals surface area (Å²) in [6.45, 7) is 0.883. The maximum absolute atomic E-state index is 13.0. The van der Waals surface area contributed by atoms with Gasteiger partial charge in [0.25, 0.3) is 0 Å². The number of halogens is 1. The molecule has 1 aliphatic carbocycles. The van der Waals surface area contributed by atoms with E-state index < -0.39 is 0 Å². The van der Waals surface area contributed by atoms with Crippen molar-refractivity contribution in [2.24, 2.45) is 5.92 Å². The highest BCUT2D eigenvalue weighted by Crippen LogP contribution is 2.29. The van der Waals surface area contributed by atoms with Crippen LogP contribution in [0.5, 0.6) is 0 Å². The van der Waals surface area contributed by atoms with Crippen LogP contribution in [0.1, 0.15) is 18.4 Å². The molecule has 0 spiro atoms. The topological polar surface area (TPSA) is 35.8 Å². The Bertz CT molecular complexity index is 377. The van der Waals surface area contributed by atoms with Gasteiger partial charge in [0, 0.05) is 12.2 Å². The summed E-state index contributed by atoms with van der Waals surface area (Å²) < 4.78 is 13.0. The van der Waals surface area contributed by atoms with Gasteiger partial charge in [-0.05, 0) is 37.0 Å². The minimum atomic E-state index is -0.359. The highest BCUT2D eigenvalue weighted by molar-refractivity contribution is 5.49. The van der Waals surface area contributed by atoms with Gasteiger partial charge in [-0.15, -0.1) is 0 Å². The second-order valence-electron chi connectivity index (χ2n) is 3.66. The number of hydrogen-bond acceptors (Lipinski definition) is 2. The molecule has 1 saturated carbocycles. The lowest BCUT2D eigenvalue weighted by Crippen LogP contribution is -2.03. The molecule has 2 nitrogen and oxygen atoms in total. The lowest BCUT2D eigenvalue weighted by atomic mass is 10.2. The van der Waals surface area contributed by atoms with E-state index in [-0.39, 0.29) is 5.82 Å². The van der Waals surface area contributed by atoms with Crippen molar-refractivity contribution in [3.8, 4) is 6.07 Å². The molecule has 72 valence electrons. The molecule has 1 aromatic rings. The Labute approximate surface area is 82.4 Å². The molecule has 0 heterocycles. The Morgan fingerprint density at radius 2 is 2.21 bits per heavy atom. The van der Waals surface area contributed by atoms with Gasteiger partial charge in [0.2, 0.25) is 0 Å². The fourth-order valence-electron chi connectivity index (χ4n) is 1.34. The van der Waals surface area contributed by atoms with E-state index in [1.165, 1.54) is 25.0 Å². The van der Waals surface area contributed by atoms with Gasteiger partial charge in [-0.25, -0.2) is 4.39 Å². The van der Waals surface area contributed by atoms with Crippen LogP contribution < -0.4 is 5.32 Å². The summed E-state index contributed by atoms with van der Waals surface area (Å²) >= 11 is 0. The van der Waals surface area contributed by atoms with Crippen LogP contribution in [0, 0.1) is 23.1 Å². The molecule has 0 bridgehead atoms. The molecule has 3 heteroatoms. The molecule has 0 amide bonds. The van der Waals surface area contributed by atoms with Crippen LogP contribution in [0.15, 0.2) is 18.2 Å². The van der Waals surface area contributed by atoms with Crippen molar-refractivity contribution in [3.05, 3.63) is 29.6 Å². The van der Waals surface area contributed by atoms with Crippen LogP contribution in [0.25, 0.3) is 0 Å². The Kier molecular flexibility index (Phi) is 2.36. The third-order valence-corrected chi connectivity index (χ3v) is 2.32. The molecule has 0 aliphatic heterocycles. The van der Waals surface area contributed by atoms with Gasteiger partial charge >= 0.3 is 0 Å². The fourth-order valence-corrected chi connectivity index (χ4v) is 1.34. The van der Waals surface area contributed by atoms with Crippen molar-refractivity contribution in [2.75, 3.05) is 11.9 Å². The Balaban J connectivity index is 2.07. The number of benzene rings is 1. The third kappa shape index (κ3) is 2.23. The number of rotatable bonds is 3. The van der Waals surface area contributed by atoms with Crippen LogP contribution in [0.4, 0.5) is 10.1 Å². The maximum atomic E-state index is 13.0. The standard InChI is InChI=1S/C11H11FN2/c12-10-3-9(6-13)4-11(5-10)14-7-8-1-2-8/h3-5,8,14H,1-2,7H2. The number of hydrogen-bond donors (Lipinski definition) is 1. The summed E-state index contributed by atoms with van der Waals surface area (Å²) in [5.74, 6) is 0.381. The quantitative estimate of drug-likeness (QED) is 0.794. The smallest absolute Gasteiger partial charge is 0.126 e. The van der Waals surface area contributed by atoms with Gasteiger partial charge in [0.05, 0.1) is 11.6 Å². The van der Waals surface area contributed by atoms with E-state index in [4.69, 9.17) is 5.26 Å². The van der Waals surface area contributed by atoms with E-state index in [9.17, 15) is 4.39 Å². The minimum absolute atomic E-state index is 0.359. The number of nitrogens with one attached hydrogen (secondary N) is 1. The first-order chi connectivity index (χ1) is 6.78.